The quantitative estimate of drug-likeness (QED) is 0.533. The molecule has 0 saturated carbocycles. The maximum atomic E-state index is 12.9. The summed E-state index contributed by atoms with van der Waals surface area (Å²) >= 11 is 0. The molecular formula is C20H17N3O5. The number of aromatic nitrogens is 2. The van der Waals surface area contributed by atoms with Crippen LogP contribution in [0.5, 0.6) is 5.75 Å². The average molecular weight is 379 g/mol. The molecule has 28 heavy (non-hydrogen) atoms. The van der Waals surface area contributed by atoms with Gasteiger partial charge in [0.1, 0.15) is 29.0 Å². The van der Waals surface area contributed by atoms with Crippen LogP contribution in [0.2, 0.25) is 0 Å². The maximum absolute atomic E-state index is 12.9. The van der Waals surface area contributed by atoms with Gasteiger partial charge in [0.2, 0.25) is 0 Å². The van der Waals surface area contributed by atoms with Gasteiger partial charge in [-0.1, -0.05) is 0 Å². The Hall–Kier alpha value is -3.81. The molecular weight excluding hydrogens is 362 g/mol. The first-order valence-electron chi connectivity index (χ1n) is 8.57. The third kappa shape index (κ3) is 3.16. The Morgan fingerprint density at radius 1 is 1.25 bits per heavy atom. The fourth-order valence-corrected chi connectivity index (χ4v) is 3.01. The Kier molecular flexibility index (Phi) is 4.44. The molecule has 8 heteroatoms. The SMILES string of the molecule is COc1ccc2c(C(=O)Nc3ccnn3C(C)c3ccco3)cc(=O)oc2c1. The fraction of sp³-hybridized carbons (Fsp3) is 0.150. The number of hydrogen-bond donors (Lipinski definition) is 1. The molecule has 0 aliphatic heterocycles. The number of amides is 1. The highest BCUT2D eigenvalue weighted by atomic mass is 16.5. The topological polar surface area (TPSA) is 99.5 Å². The summed E-state index contributed by atoms with van der Waals surface area (Å²) in [7, 11) is 1.51. The highest BCUT2D eigenvalue weighted by Gasteiger charge is 2.19. The van der Waals surface area contributed by atoms with E-state index in [-0.39, 0.29) is 17.2 Å². The molecule has 3 heterocycles. The Balaban J connectivity index is 1.69. The van der Waals surface area contributed by atoms with Crippen LogP contribution in [-0.4, -0.2) is 22.8 Å². The second-order valence-electron chi connectivity index (χ2n) is 6.15. The van der Waals surface area contributed by atoms with E-state index < -0.39 is 11.5 Å². The molecule has 4 aromatic rings. The molecule has 8 nitrogen and oxygen atoms in total. The third-order valence-electron chi connectivity index (χ3n) is 4.43. The van der Waals surface area contributed by atoms with Gasteiger partial charge in [0, 0.05) is 23.6 Å². The molecule has 3 aromatic heterocycles. The number of methoxy groups -OCH3 is 1. The number of ether oxygens (including phenoxy) is 1. The van der Waals surface area contributed by atoms with Crippen molar-refractivity contribution in [3.8, 4) is 5.75 Å². The molecule has 0 fully saturated rings. The van der Waals surface area contributed by atoms with Crippen LogP contribution in [0.1, 0.15) is 29.1 Å². The molecule has 0 aliphatic rings. The van der Waals surface area contributed by atoms with E-state index in [2.05, 4.69) is 10.4 Å². The zero-order chi connectivity index (χ0) is 19.7. The number of hydrogen-bond acceptors (Lipinski definition) is 6. The molecule has 1 amide bonds. The predicted octanol–water partition coefficient (Wildman–Crippen LogP) is 3.45. The van der Waals surface area contributed by atoms with Crippen molar-refractivity contribution in [2.45, 2.75) is 13.0 Å². The number of furan rings is 1. The van der Waals surface area contributed by atoms with Crippen molar-refractivity contribution in [3.63, 3.8) is 0 Å². The van der Waals surface area contributed by atoms with Crippen LogP contribution in [0, 0.1) is 0 Å². The maximum Gasteiger partial charge on any atom is 0.337 e. The van der Waals surface area contributed by atoms with Crippen LogP contribution >= 0.6 is 0 Å². The monoisotopic (exact) mass is 379 g/mol. The number of fused-ring (bicyclic) bond motifs is 1. The van der Waals surface area contributed by atoms with Crippen molar-refractivity contribution >= 4 is 22.7 Å². The molecule has 1 unspecified atom stereocenters. The van der Waals surface area contributed by atoms with Crippen molar-refractivity contribution in [3.05, 3.63) is 76.7 Å². The smallest absolute Gasteiger partial charge is 0.337 e. The van der Waals surface area contributed by atoms with E-state index in [0.29, 0.717) is 22.7 Å². The van der Waals surface area contributed by atoms with Crippen molar-refractivity contribution in [2.75, 3.05) is 12.4 Å². The third-order valence-corrected chi connectivity index (χ3v) is 4.43. The molecule has 142 valence electrons. The molecule has 1 aromatic carbocycles. The Morgan fingerprint density at radius 2 is 2.11 bits per heavy atom. The van der Waals surface area contributed by atoms with Gasteiger partial charge >= 0.3 is 5.63 Å². The number of carbonyl (C=O) groups is 1. The van der Waals surface area contributed by atoms with Crippen LogP contribution in [0.4, 0.5) is 5.82 Å². The van der Waals surface area contributed by atoms with Crippen LogP contribution < -0.4 is 15.7 Å². The lowest BCUT2D eigenvalue weighted by molar-refractivity contribution is 0.102. The average Bonchev–Trinajstić information content (AvgIpc) is 3.38. The number of carbonyl (C=O) groups excluding carboxylic acids is 1. The summed E-state index contributed by atoms with van der Waals surface area (Å²) in [5.41, 5.74) is -0.148. The first-order chi connectivity index (χ1) is 13.6. The Morgan fingerprint density at radius 3 is 2.86 bits per heavy atom. The minimum absolute atomic E-state index is 0.201. The zero-order valence-corrected chi connectivity index (χ0v) is 15.2. The molecule has 0 saturated heterocycles. The van der Waals surface area contributed by atoms with Crippen LogP contribution in [0.3, 0.4) is 0 Å². The highest BCUT2D eigenvalue weighted by molar-refractivity contribution is 6.11. The van der Waals surface area contributed by atoms with E-state index in [1.807, 2.05) is 13.0 Å². The van der Waals surface area contributed by atoms with Gasteiger partial charge in [-0.15, -0.1) is 0 Å². The minimum atomic E-state index is -0.622. The molecule has 0 bridgehead atoms. The molecule has 1 atom stereocenters. The number of nitrogens with one attached hydrogen (secondary N) is 1. The van der Waals surface area contributed by atoms with Crippen LogP contribution in [0.15, 0.2) is 68.6 Å². The van der Waals surface area contributed by atoms with Gasteiger partial charge in [0.05, 0.1) is 25.1 Å². The Labute approximate surface area is 159 Å². The van der Waals surface area contributed by atoms with E-state index >= 15 is 0 Å². The fourth-order valence-electron chi connectivity index (χ4n) is 3.01. The van der Waals surface area contributed by atoms with E-state index in [1.165, 1.54) is 13.2 Å². The van der Waals surface area contributed by atoms with Gasteiger partial charge < -0.3 is 18.9 Å². The van der Waals surface area contributed by atoms with E-state index in [1.54, 1.807) is 47.5 Å². The number of nitrogens with zero attached hydrogens (tertiary/aromatic N) is 2. The second-order valence-corrected chi connectivity index (χ2v) is 6.15. The summed E-state index contributed by atoms with van der Waals surface area (Å²) in [6.07, 6.45) is 3.16. The lowest BCUT2D eigenvalue weighted by atomic mass is 10.1. The molecule has 0 spiro atoms. The predicted molar refractivity (Wildman–Crippen MR) is 102 cm³/mol. The molecule has 0 radical (unpaired) electrons. The largest absolute Gasteiger partial charge is 0.497 e. The van der Waals surface area contributed by atoms with Crippen LogP contribution in [-0.2, 0) is 0 Å². The van der Waals surface area contributed by atoms with E-state index in [4.69, 9.17) is 13.6 Å². The van der Waals surface area contributed by atoms with Crippen LogP contribution in [0.25, 0.3) is 11.0 Å². The number of rotatable bonds is 5. The van der Waals surface area contributed by atoms with Gasteiger partial charge in [-0.2, -0.15) is 5.10 Å². The summed E-state index contributed by atoms with van der Waals surface area (Å²) in [4.78, 5) is 24.8. The van der Waals surface area contributed by atoms with E-state index in [9.17, 15) is 9.59 Å². The summed E-state index contributed by atoms with van der Waals surface area (Å²) in [6.45, 7) is 1.90. The van der Waals surface area contributed by atoms with E-state index in [0.717, 1.165) is 0 Å². The minimum Gasteiger partial charge on any atom is -0.497 e. The Bertz CT molecular complexity index is 1190. The van der Waals surface area contributed by atoms with Gasteiger partial charge in [-0.05, 0) is 31.2 Å². The molecule has 1 N–H and O–H groups in total. The molecule has 0 aliphatic carbocycles. The summed E-state index contributed by atoms with van der Waals surface area (Å²) in [5, 5.41) is 7.58. The zero-order valence-electron chi connectivity index (χ0n) is 15.2. The summed E-state index contributed by atoms with van der Waals surface area (Å²) in [5.74, 6) is 1.26. The first kappa shape index (κ1) is 17.6. The van der Waals surface area contributed by atoms with Crippen molar-refractivity contribution in [2.24, 2.45) is 0 Å². The normalized spacial score (nSPS) is 12.1. The first-order valence-corrected chi connectivity index (χ1v) is 8.57. The standard InChI is InChI=1S/C20H17N3O5/c1-12(16-4-3-9-27-16)23-18(7-8-21-23)22-20(25)15-11-19(24)28-17-10-13(26-2)5-6-14(15)17/h3-12H,1-2H3,(H,22,25). The van der Waals surface area contributed by atoms with Crippen molar-refractivity contribution in [1.82, 2.24) is 9.78 Å². The lowest BCUT2D eigenvalue weighted by Gasteiger charge is -2.14. The second kappa shape index (κ2) is 7.07. The van der Waals surface area contributed by atoms with Crippen molar-refractivity contribution in [1.29, 1.82) is 0 Å². The van der Waals surface area contributed by atoms with Gasteiger partial charge in [-0.3, -0.25) is 4.79 Å². The number of anilines is 1. The van der Waals surface area contributed by atoms with Crippen molar-refractivity contribution < 1.29 is 18.4 Å². The van der Waals surface area contributed by atoms with Gasteiger partial charge in [-0.25, -0.2) is 9.48 Å². The summed E-state index contributed by atoms with van der Waals surface area (Å²) in [6, 6.07) is 11.2. The summed E-state index contributed by atoms with van der Waals surface area (Å²) < 4.78 is 17.4. The van der Waals surface area contributed by atoms with Gasteiger partial charge in [0.15, 0.2) is 0 Å². The number of benzene rings is 1. The highest BCUT2D eigenvalue weighted by Crippen LogP contribution is 2.25. The lowest BCUT2D eigenvalue weighted by Crippen LogP contribution is -2.19. The molecule has 4 rings (SSSR count). The van der Waals surface area contributed by atoms with Gasteiger partial charge in [0.25, 0.3) is 5.91 Å².